The molecule has 0 aliphatic rings. The van der Waals surface area contributed by atoms with Crippen molar-refractivity contribution in [2.24, 2.45) is 0 Å². The molecule has 0 atom stereocenters. The molecule has 0 saturated carbocycles. The van der Waals surface area contributed by atoms with Crippen molar-refractivity contribution in [2.75, 3.05) is 16.4 Å². The number of rotatable bonds is 5. The van der Waals surface area contributed by atoms with Gasteiger partial charge in [0.2, 0.25) is 0 Å². The fourth-order valence-electron chi connectivity index (χ4n) is 3.87. The van der Waals surface area contributed by atoms with Crippen LogP contribution in [0.2, 0.25) is 0 Å². The second-order valence-corrected chi connectivity index (χ2v) is 7.46. The average Bonchev–Trinajstić information content (AvgIpc) is 2.83. The number of hydrogen-bond acceptors (Lipinski definition) is 3. The SMILES string of the molecule is Nc1c(-c2ccccc2)ccc(Nc2ccccc2)c1Nc1cccc2ccccc12. The van der Waals surface area contributed by atoms with Gasteiger partial charge in [-0.05, 0) is 35.2 Å². The molecule has 0 amide bonds. The van der Waals surface area contributed by atoms with Crippen molar-refractivity contribution in [1.82, 2.24) is 0 Å². The van der Waals surface area contributed by atoms with Crippen LogP contribution in [0.5, 0.6) is 0 Å². The van der Waals surface area contributed by atoms with Crippen molar-refractivity contribution < 1.29 is 0 Å². The third-order valence-electron chi connectivity index (χ3n) is 5.43. The van der Waals surface area contributed by atoms with Gasteiger partial charge in [0.05, 0.1) is 17.1 Å². The summed E-state index contributed by atoms with van der Waals surface area (Å²) < 4.78 is 0. The highest BCUT2D eigenvalue weighted by molar-refractivity contribution is 6.01. The van der Waals surface area contributed by atoms with Crippen LogP contribution in [0.25, 0.3) is 21.9 Å². The van der Waals surface area contributed by atoms with Crippen LogP contribution in [0.1, 0.15) is 0 Å². The topological polar surface area (TPSA) is 50.1 Å². The number of para-hydroxylation sites is 1. The van der Waals surface area contributed by atoms with Gasteiger partial charge in [-0.3, -0.25) is 0 Å². The Labute approximate surface area is 182 Å². The van der Waals surface area contributed by atoms with Gasteiger partial charge in [0.25, 0.3) is 0 Å². The quantitative estimate of drug-likeness (QED) is 0.266. The summed E-state index contributed by atoms with van der Waals surface area (Å²) >= 11 is 0. The van der Waals surface area contributed by atoms with E-state index in [0.717, 1.165) is 39.3 Å². The molecule has 4 N–H and O–H groups in total. The van der Waals surface area contributed by atoms with Crippen LogP contribution in [0.3, 0.4) is 0 Å². The summed E-state index contributed by atoms with van der Waals surface area (Å²) in [6.07, 6.45) is 0. The fraction of sp³-hybridized carbons (Fsp3) is 0. The summed E-state index contributed by atoms with van der Waals surface area (Å²) in [5, 5.41) is 9.48. The van der Waals surface area contributed by atoms with Gasteiger partial charge in [0.1, 0.15) is 0 Å². The van der Waals surface area contributed by atoms with E-state index in [1.165, 1.54) is 5.39 Å². The molecule has 150 valence electrons. The number of nitrogen functional groups attached to an aromatic ring is 1. The van der Waals surface area contributed by atoms with Crippen LogP contribution in [0.4, 0.5) is 28.4 Å². The zero-order chi connectivity index (χ0) is 21.0. The number of fused-ring (bicyclic) bond motifs is 1. The van der Waals surface area contributed by atoms with E-state index >= 15 is 0 Å². The van der Waals surface area contributed by atoms with E-state index in [9.17, 15) is 0 Å². The summed E-state index contributed by atoms with van der Waals surface area (Å²) in [7, 11) is 0. The Morgan fingerprint density at radius 3 is 2.00 bits per heavy atom. The fourth-order valence-corrected chi connectivity index (χ4v) is 3.87. The smallest absolute Gasteiger partial charge is 0.0863 e. The highest BCUT2D eigenvalue weighted by atomic mass is 15.0. The van der Waals surface area contributed by atoms with Crippen molar-refractivity contribution in [3.63, 3.8) is 0 Å². The maximum atomic E-state index is 6.76. The second-order valence-electron chi connectivity index (χ2n) is 7.46. The molecule has 3 heteroatoms. The molecule has 31 heavy (non-hydrogen) atoms. The van der Waals surface area contributed by atoms with E-state index in [1.54, 1.807) is 0 Å². The Bertz CT molecular complexity index is 1320. The maximum absolute atomic E-state index is 6.76. The lowest BCUT2D eigenvalue weighted by Gasteiger charge is -2.20. The minimum absolute atomic E-state index is 0.708. The first kappa shape index (κ1) is 18.8. The molecule has 3 nitrogen and oxygen atoms in total. The zero-order valence-corrected chi connectivity index (χ0v) is 17.0. The number of nitrogens with one attached hydrogen (secondary N) is 2. The van der Waals surface area contributed by atoms with Crippen LogP contribution in [-0.4, -0.2) is 0 Å². The highest BCUT2D eigenvalue weighted by Crippen LogP contribution is 2.41. The predicted octanol–water partition coefficient (Wildman–Crippen LogP) is 7.58. The first-order valence-electron chi connectivity index (χ1n) is 10.3. The predicted molar refractivity (Wildman–Crippen MR) is 133 cm³/mol. The van der Waals surface area contributed by atoms with Gasteiger partial charge in [0, 0.05) is 22.3 Å². The Hall–Kier alpha value is -4.24. The average molecular weight is 402 g/mol. The molecule has 0 aromatic heterocycles. The third-order valence-corrected chi connectivity index (χ3v) is 5.43. The van der Waals surface area contributed by atoms with E-state index in [2.05, 4.69) is 77.4 Å². The second kappa shape index (κ2) is 8.25. The van der Waals surface area contributed by atoms with Gasteiger partial charge >= 0.3 is 0 Å². The van der Waals surface area contributed by atoms with Crippen molar-refractivity contribution in [2.45, 2.75) is 0 Å². The third kappa shape index (κ3) is 3.81. The Balaban J connectivity index is 1.65. The largest absolute Gasteiger partial charge is 0.396 e. The molecule has 0 heterocycles. The molecular formula is C28H23N3. The molecule has 0 fully saturated rings. The summed E-state index contributed by atoms with van der Waals surface area (Å²) in [6, 6.07) is 39.1. The highest BCUT2D eigenvalue weighted by Gasteiger charge is 2.14. The number of anilines is 5. The van der Waals surface area contributed by atoms with Crippen molar-refractivity contribution >= 4 is 39.2 Å². The van der Waals surface area contributed by atoms with E-state index in [4.69, 9.17) is 5.73 Å². The summed E-state index contributed by atoms with van der Waals surface area (Å²) in [6.45, 7) is 0. The summed E-state index contributed by atoms with van der Waals surface area (Å²) in [5.74, 6) is 0. The van der Waals surface area contributed by atoms with Gasteiger partial charge in [0.15, 0.2) is 0 Å². The molecule has 0 spiro atoms. The van der Waals surface area contributed by atoms with Crippen LogP contribution >= 0.6 is 0 Å². The van der Waals surface area contributed by atoms with Gasteiger partial charge in [-0.15, -0.1) is 0 Å². The van der Waals surface area contributed by atoms with Crippen LogP contribution in [0.15, 0.2) is 115 Å². The molecular weight excluding hydrogens is 378 g/mol. The minimum atomic E-state index is 0.708. The van der Waals surface area contributed by atoms with Crippen molar-refractivity contribution in [1.29, 1.82) is 0 Å². The molecule has 0 saturated heterocycles. The first-order chi connectivity index (χ1) is 15.3. The monoisotopic (exact) mass is 401 g/mol. The minimum Gasteiger partial charge on any atom is -0.396 e. The van der Waals surface area contributed by atoms with Crippen molar-refractivity contribution in [3.8, 4) is 11.1 Å². The molecule has 0 unspecified atom stereocenters. The lowest BCUT2D eigenvalue weighted by atomic mass is 10.0. The van der Waals surface area contributed by atoms with Gasteiger partial charge in [-0.2, -0.15) is 0 Å². The maximum Gasteiger partial charge on any atom is 0.0863 e. The molecule has 0 bridgehead atoms. The Morgan fingerprint density at radius 2 is 1.19 bits per heavy atom. The van der Waals surface area contributed by atoms with Gasteiger partial charge in [-0.25, -0.2) is 0 Å². The van der Waals surface area contributed by atoms with E-state index in [1.807, 2.05) is 48.5 Å². The van der Waals surface area contributed by atoms with Crippen molar-refractivity contribution in [3.05, 3.63) is 115 Å². The molecule has 5 rings (SSSR count). The number of benzene rings is 5. The molecule has 5 aromatic rings. The van der Waals surface area contributed by atoms with Gasteiger partial charge < -0.3 is 16.4 Å². The number of nitrogens with two attached hydrogens (primary N) is 1. The molecule has 0 aliphatic carbocycles. The van der Waals surface area contributed by atoms with Crippen LogP contribution in [-0.2, 0) is 0 Å². The van der Waals surface area contributed by atoms with E-state index in [-0.39, 0.29) is 0 Å². The zero-order valence-electron chi connectivity index (χ0n) is 17.0. The Morgan fingerprint density at radius 1 is 0.516 bits per heavy atom. The Kier molecular flexibility index (Phi) is 4.99. The van der Waals surface area contributed by atoms with E-state index in [0.29, 0.717) is 5.69 Å². The summed E-state index contributed by atoms with van der Waals surface area (Å²) in [5.41, 5.74) is 13.4. The summed E-state index contributed by atoms with van der Waals surface area (Å²) in [4.78, 5) is 0. The molecule has 5 aromatic carbocycles. The first-order valence-corrected chi connectivity index (χ1v) is 10.3. The lowest BCUT2D eigenvalue weighted by molar-refractivity contribution is 1.50. The van der Waals surface area contributed by atoms with Crippen LogP contribution in [0, 0.1) is 0 Å². The lowest BCUT2D eigenvalue weighted by Crippen LogP contribution is -2.03. The normalized spacial score (nSPS) is 10.7. The van der Waals surface area contributed by atoms with Gasteiger partial charge in [-0.1, -0.05) is 91.0 Å². The number of hydrogen-bond donors (Lipinski definition) is 3. The molecule has 0 aliphatic heterocycles. The molecule has 0 radical (unpaired) electrons. The van der Waals surface area contributed by atoms with Crippen LogP contribution < -0.4 is 16.4 Å². The standard InChI is InChI=1S/C28H23N3/c29-27-24(21-10-3-1-4-11-21)18-19-26(30-22-14-5-2-6-15-22)28(27)31-25-17-9-13-20-12-7-8-16-23(20)25/h1-19,30-31H,29H2. The van der Waals surface area contributed by atoms with E-state index < -0.39 is 0 Å².